The van der Waals surface area contributed by atoms with Crippen LogP contribution in [0.1, 0.15) is 0 Å². The van der Waals surface area contributed by atoms with Crippen molar-refractivity contribution in [1.82, 2.24) is 0 Å². The third-order valence-corrected chi connectivity index (χ3v) is 4.09. The molecule has 3 nitrogen and oxygen atoms in total. The molecule has 0 bridgehead atoms. The molecule has 0 heterocycles. The molecule has 10 heavy (non-hydrogen) atoms. The maximum absolute atomic E-state index is 10.8. The molecule has 3 N–H and O–H groups in total. The molecule has 1 aromatic carbocycles. The fraction of sp³-hybridized carbons (Fsp3) is 0. The van der Waals surface area contributed by atoms with E-state index in [4.69, 9.17) is 7.28 Å². The van der Waals surface area contributed by atoms with Crippen LogP contribution in [-0.2, 0) is 3.02 Å². The van der Waals surface area contributed by atoms with E-state index >= 15 is 0 Å². The van der Waals surface area contributed by atoms with Gasteiger partial charge in [0.2, 0.25) is 0 Å². The Bertz CT molecular complexity index is 254. The van der Waals surface area contributed by atoms with Crippen LogP contribution in [0.25, 0.3) is 0 Å². The van der Waals surface area contributed by atoms with Crippen molar-refractivity contribution in [2.24, 2.45) is 3.89 Å². The van der Waals surface area contributed by atoms with Crippen molar-refractivity contribution in [1.29, 1.82) is 0 Å². The van der Waals surface area contributed by atoms with Gasteiger partial charge >= 0.3 is 63.6 Å². The minimum atomic E-state index is -4.37. The van der Waals surface area contributed by atoms with E-state index in [0.717, 1.165) is 0 Å². The summed E-state index contributed by atoms with van der Waals surface area (Å²) in [5, 5.41) is 0. The topological polar surface area (TPSA) is 63.3 Å². The van der Waals surface area contributed by atoms with Gasteiger partial charge in [-0.1, -0.05) is 0 Å². The van der Waals surface area contributed by atoms with Gasteiger partial charge in [-0.15, -0.1) is 0 Å². The molecule has 4 heteroatoms. The SMILES string of the molecule is [NH2][Sb](=[O])([OH])[c]1ccccc1. The standard InChI is InChI=1S/C6H5.H2N.H2O.O.Sb/c1-2-4-6-5-3-1;;;;/h1-5H;2*1H2;;/q;-1;;;+2/p-1. The molecule has 0 radical (unpaired) electrons. The van der Waals surface area contributed by atoms with Crippen LogP contribution in [0.4, 0.5) is 0 Å². The molecule has 0 aliphatic carbocycles. The van der Waals surface area contributed by atoms with Crippen molar-refractivity contribution in [2.75, 3.05) is 0 Å². The minimum absolute atomic E-state index is 0.376. The van der Waals surface area contributed by atoms with Gasteiger partial charge in [0.25, 0.3) is 0 Å². The van der Waals surface area contributed by atoms with E-state index in [0.29, 0.717) is 3.51 Å². The molecule has 0 amide bonds. The van der Waals surface area contributed by atoms with E-state index in [1.54, 1.807) is 30.3 Å². The second-order valence-corrected chi connectivity index (χ2v) is 6.99. The summed E-state index contributed by atoms with van der Waals surface area (Å²) in [6, 6.07) is 8.30. The van der Waals surface area contributed by atoms with Gasteiger partial charge in [0.05, 0.1) is 0 Å². The Labute approximate surface area is 63.8 Å². The average molecular weight is 248 g/mol. The number of rotatable bonds is 1. The molecule has 0 aliphatic rings. The van der Waals surface area contributed by atoms with E-state index < -0.39 is 19.5 Å². The first-order chi connectivity index (χ1) is 4.61. The molecule has 0 aromatic heterocycles. The molecule has 54 valence electrons. The first kappa shape index (κ1) is 7.86. The van der Waals surface area contributed by atoms with E-state index in [1.807, 2.05) is 0 Å². The molecule has 1 aromatic rings. The second kappa shape index (κ2) is 2.78. The predicted octanol–water partition coefficient (Wildman–Crippen LogP) is -0.786. The average Bonchev–Trinajstić information content (AvgIpc) is 1.88. The summed E-state index contributed by atoms with van der Waals surface area (Å²) in [6.45, 7) is 0. The number of benzene rings is 1. The van der Waals surface area contributed by atoms with Gasteiger partial charge in [-0.2, -0.15) is 0 Å². The van der Waals surface area contributed by atoms with Crippen molar-refractivity contribution in [3.63, 3.8) is 0 Å². The van der Waals surface area contributed by atoms with Crippen LogP contribution in [0, 0.1) is 0 Å². The molecular weight excluding hydrogens is 240 g/mol. The molecule has 0 spiro atoms. The second-order valence-electron chi connectivity index (χ2n) is 1.96. The van der Waals surface area contributed by atoms with Gasteiger partial charge in [-0.25, -0.2) is 0 Å². The number of hydrogen-bond donors (Lipinski definition) is 2. The van der Waals surface area contributed by atoms with Crippen LogP contribution in [0.5, 0.6) is 0 Å². The Kier molecular flexibility index (Phi) is 2.19. The summed E-state index contributed by atoms with van der Waals surface area (Å²) in [5.41, 5.74) is 0. The summed E-state index contributed by atoms with van der Waals surface area (Å²) in [5.74, 6) is 0. The number of nitrogens with two attached hydrogens (primary N) is 1. The van der Waals surface area contributed by atoms with Gasteiger partial charge in [0.15, 0.2) is 0 Å². The zero-order chi connectivity index (χ0) is 7.61. The van der Waals surface area contributed by atoms with Crippen LogP contribution in [0.2, 0.25) is 0 Å². The van der Waals surface area contributed by atoms with E-state index in [9.17, 15) is 3.02 Å². The molecule has 1 atom stereocenters. The summed E-state index contributed by atoms with van der Waals surface area (Å²) >= 11 is -4.37. The van der Waals surface area contributed by atoms with Gasteiger partial charge < -0.3 is 0 Å². The molecular formula is C6H8NO2Sb. The summed E-state index contributed by atoms with van der Waals surface area (Å²) in [7, 11) is 0. The number of hydrogen-bond acceptors (Lipinski definition) is 1. The Morgan fingerprint density at radius 1 is 1.30 bits per heavy atom. The Balaban J connectivity index is 3.09. The van der Waals surface area contributed by atoms with Gasteiger partial charge in [0, 0.05) is 0 Å². The van der Waals surface area contributed by atoms with E-state index in [1.165, 1.54) is 0 Å². The summed E-state index contributed by atoms with van der Waals surface area (Å²) in [4.78, 5) is 0. The maximum atomic E-state index is 10.8. The Morgan fingerprint density at radius 2 is 1.80 bits per heavy atom. The van der Waals surface area contributed by atoms with Crippen molar-refractivity contribution in [3.8, 4) is 0 Å². The van der Waals surface area contributed by atoms with Crippen LogP contribution >= 0.6 is 0 Å². The fourth-order valence-electron chi connectivity index (χ4n) is 0.642. The normalized spacial score (nSPS) is 16.2. The zero-order valence-electron chi connectivity index (χ0n) is 5.27. The summed E-state index contributed by atoms with van der Waals surface area (Å²) < 4.78 is 25.2. The van der Waals surface area contributed by atoms with Gasteiger partial charge in [-0.05, 0) is 0 Å². The third-order valence-electron chi connectivity index (χ3n) is 1.13. The molecule has 0 fully saturated rings. The van der Waals surface area contributed by atoms with E-state index in [2.05, 4.69) is 0 Å². The Morgan fingerprint density at radius 3 is 2.10 bits per heavy atom. The van der Waals surface area contributed by atoms with Crippen molar-refractivity contribution in [2.45, 2.75) is 0 Å². The third kappa shape index (κ3) is 1.87. The van der Waals surface area contributed by atoms with Crippen LogP contribution in [-0.4, -0.2) is 22.9 Å². The zero-order valence-corrected chi connectivity index (χ0v) is 7.82. The fourth-order valence-corrected chi connectivity index (χ4v) is 2.35. The first-order valence-corrected chi connectivity index (χ1v) is 7.71. The van der Waals surface area contributed by atoms with Crippen LogP contribution in [0.3, 0.4) is 0 Å². The Hall–Kier alpha value is -0.242. The molecule has 1 rings (SSSR count). The van der Waals surface area contributed by atoms with Crippen LogP contribution < -0.4 is 7.40 Å². The quantitative estimate of drug-likeness (QED) is 0.640. The monoisotopic (exact) mass is 247 g/mol. The van der Waals surface area contributed by atoms with Crippen molar-refractivity contribution < 1.29 is 6.40 Å². The van der Waals surface area contributed by atoms with Gasteiger partial charge in [-0.3, -0.25) is 0 Å². The van der Waals surface area contributed by atoms with Crippen molar-refractivity contribution in [3.05, 3.63) is 30.3 Å². The van der Waals surface area contributed by atoms with E-state index in [-0.39, 0.29) is 0 Å². The predicted molar refractivity (Wildman–Crippen MR) is 38.9 cm³/mol. The summed E-state index contributed by atoms with van der Waals surface area (Å²) in [6.07, 6.45) is 0. The van der Waals surface area contributed by atoms with Gasteiger partial charge in [0.1, 0.15) is 0 Å². The molecule has 1 unspecified atom stereocenters. The van der Waals surface area contributed by atoms with Crippen LogP contribution in [0.15, 0.2) is 30.3 Å². The van der Waals surface area contributed by atoms with Crippen molar-refractivity contribution >= 4 is 23.0 Å². The molecule has 0 saturated heterocycles. The molecule has 0 aliphatic heterocycles. The molecule has 0 saturated carbocycles. The first-order valence-electron chi connectivity index (χ1n) is 2.78.